The lowest BCUT2D eigenvalue weighted by atomic mass is 9.92. The molecule has 3 N–H and O–H groups in total. The van der Waals surface area contributed by atoms with Gasteiger partial charge in [-0.3, -0.25) is 9.48 Å². The normalized spacial score (nSPS) is 11.8. The number of fused-ring (bicyclic) bond motifs is 3. The zero-order chi connectivity index (χ0) is 23.9. The number of hydrogen-bond donors (Lipinski definition) is 3. The molecule has 0 fully saturated rings. The van der Waals surface area contributed by atoms with Crippen LogP contribution in [0.25, 0.3) is 21.9 Å². The van der Waals surface area contributed by atoms with Gasteiger partial charge in [-0.05, 0) is 23.8 Å². The molecule has 8 nitrogen and oxygen atoms in total. The number of benzene rings is 2. The molecular weight excluding hydrogens is 426 g/mol. The van der Waals surface area contributed by atoms with Crippen LogP contribution in [0.2, 0.25) is 0 Å². The first kappa shape index (κ1) is 21.6. The third kappa shape index (κ3) is 4.22. The summed E-state index contributed by atoms with van der Waals surface area (Å²) in [4.78, 5) is 24.8. The zero-order valence-electron chi connectivity index (χ0n) is 19.7. The van der Waals surface area contributed by atoms with Crippen molar-refractivity contribution in [1.29, 1.82) is 0 Å². The number of H-pyrrole nitrogens is 1. The molecule has 0 saturated heterocycles. The molecule has 5 rings (SSSR count). The molecule has 172 valence electrons. The predicted octanol–water partition coefficient (Wildman–Crippen LogP) is 5.07. The lowest BCUT2D eigenvalue weighted by Crippen LogP contribution is -2.16. The lowest BCUT2D eigenvalue weighted by Gasteiger charge is -2.13. The zero-order valence-corrected chi connectivity index (χ0v) is 19.7. The quantitative estimate of drug-likeness (QED) is 0.345. The van der Waals surface area contributed by atoms with Gasteiger partial charge >= 0.3 is 0 Å². The van der Waals surface area contributed by atoms with Crippen molar-refractivity contribution in [3.63, 3.8) is 0 Å². The van der Waals surface area contributed by atoms with Crippen molar-refractivity contribution >= 4 is 45.2 Å². The van der Waals surface area contributed by atoms with Crippen LogP contribution < -0.4 is 10.6 Å². The lowest BCUT2D eigenvalue weighted by molar-refractivity contribution is -0.115. The summed E-state index contributed by atoms with van der Waals surface area (Å²) in [6, 6.07) is 17.8. The highest BCUT2D eigenvalue weighted by molar-refractivity contribution is 6.11. The van der Waals surface area contributed by atoms with E-state index in [9.17, 15) is 4.79 Å². The molecule has 0 saturated carbocycles. The van der Waals surface area contributed by atoms with Crippen molar-refractivity contribution in [1.82, 2.24) is 24.7 Å². The fourth-order valence-electron chi connectivity index (χ4n) is 3.93. The first-order chi connectivity index (χ1) is 16.3. The number of aromatic amines is 1. The van der Waals surface area contributed by atoms with Crippen LogP contribution in [-0.2, 0) is 23.7 Å². The minimum absolute atomic E-state index is 0.0779. The number of hydrogen-bond acceptors (Lipinski definition) is 5. The van der Waals surface area contributed by atoms with Gasteiger partial charge in [-0.15, -0.1) is 0 Å². The summed E-state index contributed by atoms with van der Waals surface area (Å²) in [6.45, 7) is 6.30. The van der Waals surface area contributed by atoms with Gasteiger partial charge in [-0.25, -0.2) is 9.97 Å². The van der Waals surface area contributed by atoms with E-state index in [1.165, 1.54) is 0 Å². The average molecular weight is 454 g/mol. The summed E-state index contributed by atoms with van der Waals surface area (Å²) < 4.78 is 1.71. The monoisotopic (exact) mass is 453 g/mol. The Morgan fingerprint density at radius 2 is 1.82 bits per heavy atom. The van der Waals surface area contributed by atoms with E-state index in [2.05, 4.69) is 57.5 Å². The van der Waals surface area contributed by atoms with Crippen molar-refractivity contribution in [2.45, 2.75) is 32.6 Å². The first-order valence-corrected chi connectivity index (χ1v) is 11.2. The number of carbonyl (C=O) groups is 1. The largest absolute Gasteiger partial charge is 0.340 e. The van der Waals surface area contributed by atoms with Crippen LogP contribution in [0.3, 0.4) is 0 Å². The number of carbonyl (C=O) groups excluding carboxylic acids is 1. The molecule has 5 aromatic rings. The highest BCUT2D eigenvalue weighted by Crippen LogP contribution is 2.30. The Morgan fingerprint density at radius 1 is 1.06 bits per heavy atom. The van der Waals surface area contributed by atoms with E-state index >= 15 is 0 Å². The molecule has 1 amide bonds. The maximum Gasteiger partial charge on any atom is 0.229 e. The van der Waals surface area contributed by atoms with Gasteiger partial charge in [0.05, 0.1) is 17.5 Å². The second-order valence-electron chi connectivity index (χ2n) is 9.45. The van der Waals surface area contributed by atoms with Crippen molar-refractivity contribution in [3.8, 4) is 0 Å². The fourth-order valence-corrected chi connectivity index (χ4v) is 3.93. The number of aromatic nitrogens is 5. The minimum Gasteiger partial charge on any atom is -0.340 e. The van der Waals surface area contributed by atoms with E-state index in [0.29, 0.717) is 5.82 Å². The van der Waals surface area contributed by atoms with E-state index in [4.69, 9.17) is 0 Å². The van der Waals surface area contributed by atoms with Crippen LogP contribution in [0, 0.1) is 0 Å². The summed E-state index contributed by atoms with van der Waals surface area (Å²) in [7, 11) is 1.84. The van der Waals surface area contributed by atoms with Gasteiger partial charge < -0.3 is 15.6 Å². The van der Waals surface area contributed by atoms with Gasteiger partial charge in [0, 0.05) is 35.1 Å². The summed E-state index contributed by atoms with van der Waals surface area (Å²) in [6.07, 6.45) is 1.82. The molecule has 0 radical (unpaired) electrons. The number of rotatable bonds is 5. The second kappa shape index (κ2) is 8.30. The molecule has 34 heavy (non-hydrogen) atoms. The van der Waals surface area contributed by atoms with Gasteiger partial charge in [0.15, 0.2) is 0 Å². The second-order valence-corrected chi connectivity index (χ2v) is 9.45. The molecule has 0 unspecified atom stereocenters. The van der Waals surface area contributed by atoms with Crippen molar-refractivity contribution in [2.24, 2.45) is 7.05 Å². The number of aryl methyl sites for hydroxylation is 1. The van der Waals surface area contributed by atoms with Crippen LogP contribution in [-0.4, -0.2) is 30.6 Å². The summed E-state index contributed by atoms with van der Waals surface area (Å²) in [5, 5.41) is 12.9. The standard InChI is InChI=1S/C26H27N7O/c1-26(2,3)20-14-21(33(4)32-20)31-22(34)13-16-9-11-17(12-10-16)29-24-23-18-7-5-6-8-19(18)30-25(23)28-15-27-24/h5-12,14-15H,13H2,1-4H3,(H,31,34)(H2,27,28,29,30). The van der Waals surface area contributed by atoms with Crippen molar-refractivity contribution < 1.29 is 4.79 Å². The van der Waals surface area contributed by atoms with Gasteiger partial charge in [-0.2, -0.15) is 5.10 Å². The van der Waals surface area contributed by atoms with Gasteiger partial charge in [-0.1, -0.05) is 51.1 Å². The summed E-state index contributed by atoms with van der Waals surface area (Å²) in [5.74, 6) is 1.35. The number of anilines is 3. The molecule has 0 atom stereocenters. The summed E-state index contributed by atoms with van der Waals surface area (Å²) in [5.41, 5.74) is 4.47. The topological polar surface area (TPSA) is 101 Å². The fraction of sp³-hybridized carbons (Fsp3) is 0.231. The van der Waals surface area contributed by atoms with Crippen molar-refractivity contribution in [2.75, 3.05) is 10.6 Å². The molecule has 2 aromatic carbocycles. The van der Waals surface area contributed by atoms with E-state index in [-0.39, 0.29) is 17.7 Å². The molecule has 0 bridgehead atoms. The van der Waals surface area contributed by atoms with Crippen molar-refractivity contribution in [3.05, 3.63) is 72.2 Å². The molecule has 0 aliphatic heterocycles. The Morgan fingerprint density at radius 3 is 2.56 bits per heavy atom. The summed E-state index contributed by atoms with van der Waals surface area (Å²) >= 11 is 0. The predicted molar refractivity (Wildman–Crippen MR) is 135 cm³/mol. The number of para-hydroxylation sites is 1. The van der Waals surface area contributed by atoms with E-state index in [1.54, 1.807) is 11.0 Å². The number of nitrogens with zero attached hydrogens (tertiary/aromatic N) is 4. The third-order valence-electron chi connectivity index (χ3n) is 5.79. The number of amides is 1. The van der Waals surface area contributed by atoms with Crippen LogP contribution in [0.1, 0.15) is 32.0 Å². The Kier molecular flexibility index (Phi) is 5.28. The van der Waals surface area contributed by atoms with Gasteiger partial charge in [0.2, 0.25) is 5.91 Å². The molecule has 0 aliphatic carbocycles. The van der Waals surface area contributed by atoms with Crippen LogP contribution in [0.15, 0.2) is 60.9 Å². The Bertz CT molecular complexity index is 1490. The highest BCUT2D eigenvalue weighted by atomic mass is 16.1. The maximum absolute atomic E-state index is 12.6. The Labute approximate surface area is 197 Å². The van der Waals surface area contributed by atoms with Gasteiger partial charge in [0.1, 0.15) is 23.6 Å². The van der Waals surface area contributed by atoms with Crippen LogP contribution in [0.4, 0.5) is 17.3 Å². The average Bonchev–Trinajstić information content (AvgIpc) is 3.36. The minimum atomic E-state index is -0.0829. The van der Waals surface area contributed by atoms with Crippen LogP contribution >= 0.6 is 0 Å². The molecule has 3 heterocycles. The Hall–Kier alpha value is -4.20. The third-order valence-corrected chi connectivity index (χ3v) is 5.79. The molecule has 0 spiro atoms. The highest BCUT2D eigenvalue weighted by Gasteiger charge is 2.19. The van der Waals surface area contributed by atoms with E-state index in [1.807, 2.05) is 55.6 Å². The first-order valence-electron chi connectivity index (χ1n) is 11.2. The van der Waals surface area contributed by atoms with E-state index in [0.717, 1.165) is 44.7 Å². The SMILES string of the molecule is Cn1nc(C(C)(C)C)cc1NC(=O)Cc1ccc(Nc2ncnc3[nH]c4ccccc4c23)cc1. The molecule has 0 aliphatic rings. The molecule has 8 heteroatoms. The Balaban J connectivity index is 1.29. The maximum atomic E-state index is 12.6. The molecule has 3 aromatic heterocycles. The smallest absolute Gasteiger partial charge is 0.229 e. The number of nitrogens with one attached hydrogen (secondary N) is 3. The van der Waals surface area contributed by atoms with E-state index < -0.39 is 0 Å². The molecular formula is C26H27N7O. The van der Waals surface area contributed by atoms with Gasteiger partial charge in [0.25, 0.3) is 0 Å². The van der Waals surface area contributed by atoms with Crippen LogP contribution in [0.5, 0.6) is 0 Å².